The van der Waals surface area contributed by atoms with Gasteiger partial charge in [-0.05, 0) is 38.0 Å². The average molecular weight is 403 g/mol. The number of hydrogen-bond donors (Lipinski definition) is 0. The fraction of sp³-hybridized carbons (Fsp3) is 0.476. The number of methoxy groups -OCH3 is 1. The van der Waals surface area contributed by atoms with Gasteiger partial charge < -0.3 is 14.4 Å². The maximum atomic E-state index is 13.3. The third-order valence-electron chi connectivity index (χ3n) is 4.93. The highest BCUT2D eigenvalue weighted by Crippen LogP contribution is 2.27. The van der Waals surface area contributed by atoms with Gasteiger partial charge in [0.15, 0.2) is 5.69 Å². The van der Waals surface area contributed by atoms with E-state index in [2.05, 4.69) is 4.98 Å². The van der Waals surface area contributed by atoms with Crippen LogP contribution in [-0.4, -0.2) is 41.5 Å². The second-order valence-corrected chi connectivity index (χ2v) is 7.75. The normalized spacial score (nSPS) is 14.5. The minimum absolute atomic E-state index is 0.0290. The van der Waals surface area contributed by atoms with Gasteiger partial charge in [-0.1, -0.05) is 25.3 Å². The number of thiazole rings is 1. The first-order valence-electron chi connectivity index (χ1n) is 9.69. The number of aromatic nitrogens is 1. The minimum Gasteiger partial charge on any atom is -0.497 e. The van der Waals surface area contributed by atoms with Gasteiger partial charge in [0.05, 0.1) is 20.3 Å². The van der Waals surface area contributed by atoms with E-state index in [4.69, 9.17) is 9.47 Å². The van der Waals surface area contributed by atoms with Crippen LogP contribution in [0.2, 0.25) is 0 Å². The summed E-state index contributed by atoms with van der Waals surface area (Å²) in [6.45, 7) is 2.47. The summed E-state index contributed by atoms with van der Waals surface area (Å²) in [6.07, 6.45) is 5.44. The zero-order valence-corrected chi connectivity index (χ0v) is 17.2. The molecular formula is C21H26N2O4S. The first kappa shape index (κ1) is 20.3. The highest BCUT2D eigenvalue weighted by atomic mass is 32.1. The van der Waals surface area contributed by atoms with Gasteiger partial charge in [0, 0.05) is 17.0 Å². The lowest BCUT2D eigenvalue weighted by Crippen LogP contribution is -2.41. The molecule has 0 saturated heterocycles. The molecule has 1 saturated carbocycles. The summed E-state index contributed by atoms with van der Waals surface area (Å²) in [4.78, 5) is 31.5. The molecule has 0 spiro atoms. The van der Waals surface area contributed by atoms with E-state index < -0.39 is 5.97 Å². The van der Waals surface area contributed by atoms with E-state index in [9.17, 15) is 9.59 Å². The molecule has 150 valence electrons. The van der Waals surface area contributed by atoms with Crippen molar-refractivity contribution in [3.05, 3.63) is 45.9 Å². The zero-order valence-electron chi connectivity index (χ0n) is 16.3. The first-order valence-corrected chi connectivity index (χ1v) is 10.6. The van der Waals surface area contributed by atoms with Gasteiger partial charge in [0.1, 0.15) is 10.8 Å². The predicted octanol–water partition coefficient (Wildman–Crippen LogP) is 4.30. The lowest BCUT2D eigenvalue weighted by molar-refractivity contribution is 0.0520. The SMILES string of the molecule is CCOC(=O)c1csc(CN(C(=O)c2cccc(OC)c2)C2CCCCC2)n1. The number of esters is 1. The molecule has 0 radical (unpaired) electrons. The van der Waals surface area contributed by atoms with Crippen molar-refractivity contribution in [2.24, 2.45) is 0 Å². The van der Waals surface area contributed by atoms with Crippen molar-refractivity contribution in [2.75, 3.05) is 13.7 Å². The summed E-state index contributed by atoms with van der Waals surface area (Å²) in [6, 6.07) is 7.42. The molecular weight excluding hydrogens is 376 g/mol. The van der Waals surface area contributed by atoms with E-state index in [0.29, 0.717) is 30.2 Å². The van der Waals surface area contributed by atoms with Gasteiger partial charge in [-0.25, -0.2) is 9.78 Å². The van der Waals surface area contributed by atoms with Crippen molar-refractivity contribution in [1.82, 2.24) is 9.88 Å². The van der Waals surface area contributed by atoms with E-state index >= 15 is 0 Å². The molecule has 1 amide bonds. The Morgan fingerprint density at radius 3 is 2.75 bits per heavy atom. The molecule has 1 heterocycles. The van der Waals surface area contributed by atoms with E-state index in [1.807, 2.05) is 23.1 Å². The largest absolute Gasteiger partial charge is 0.497 e. The van der Waals surface area contributed by atoms with Gasteiger partial charge >= 0.3 is 5.97 Å². The van der Waals surface area contributed by atoms with E-state index in [1.54, 1.807) is 25.5 Å². The Hall–Kier alpha value is -2.41. The monoisotopic (exact) mass is 402 g/mol. The molecule has 0 atom stereocenters. The Labute approximate surface area is 169 Å². The molecule has 2 aromatic rings. The highest BCUT2D eigenvalue weighted by Gasteiger charge is 2.28. The van der Waals surface area contributed by atoms with Crippen molar-refractivity contribution < 1.29 is 19.1 Å². The summed E-state index contributed by atoms with van der Waals surface area (Å²) in [5, 5.41) is 2.44. The third kappa shape index (κ3) is 4.90. The van der Waals surface area contributed by atoms with E-state index in [-0.39, 0.29) is 11.9 Å². The van der Waals surface area contributed by atoms with Crippen LogP contribution >= 0.6 is 11.3 Å². The number of ether oxygens (including phenoxy) is 2. The van der Waals surface area contributed by atoms with Gasteiger partial charge in [0.2, 0.25) is 0 Å². The Kier molecular flexibility index (Phi) is 7.03. The third-order valence-corrected chi connectivity index (χ3v) is 5.77. The minimum atomic E-state index is -0.423. The Balaban J connectivity index is 1.82. The highest BCUT2D eigenvalue weighted by molar-refractivity contribution is 7.09. The van der Waals surface area contributed by atoms with Gasteiger partial charge in [-0.15, -0.1) is 11.3 Å². The number of carbonyl (C=O) groups is 2. The molecule has 0 aliphatic heterocycles. The number of nitrogens with zero attached hydrogens (tertiary/aromatic N) is 2. The summed E-state index contributed by atoms with van der Waals surface area (Å²) in [5.74, 6) is 0.209. The standard InChI is InChI=1S/C21H26N2O4S/c1-3-27-21(25)18-14-28-19(22-18)13-23(16-9-5-4-6-10-16)20(24)15-8-7-11-17(12-15)26-2/h7-8,11-12,14,16H,3-6,9-10,13H2,1-2H3. The predicted molar refractivity (Wildman–Crippen MR) is 108 cm³/mol. The van der Waals surface area contributed by atoms with Crippen LogP contribution in [0.25, 0.3) is 0 Å². The van der Waals surface area contributed by atoms with Crippen LogP contribution in [0.5, 0.6) is 5.75 Å². The van der Waals surface area contributed by atoms with Crippen molar-refractivity contribution in [1.29, 1.82) is 0 Å². The molecule has 6 nitrogen and oxygen atoms in total. The molecule has 1 aliphatic carbocycles. The summed E-state index contributed by atoms with van der Waals surface area (Å²) in [7, 11) is 1.59. The molecule has 0 unspecified atom stereocenters. The Bertz CT molecular complexity index is 814. The van der Waals surface area contributed by atoms with Crippen LogP contribution in [0.4, 0.5) is 0 Å². The number of rotatable bonds is 7. The van der Waals surface area contributed by atoms with Gasteiger partial charge in [-0.2, -0.15) is 0 Å². The fourth-order valence-corrected chi connectivity index (χ4v) is 4.27. The number of hydrogen-bond acceptors (Lipinski definition) is 6. The van der Waals surface area contributed by atoms with Crippen LogP contribution in [0.3, 0.4) is 0 Å². The van der Waals surface area contributed by atoms with Crippen LogP contribution in [0.1, 0.15) is 64.9 Å². The molecule has 1 fully saturated rings. The van der Waals surface area contributed by atoms with Crippen LogP contribution in [-0.2, 0) is 11.3 Å². The van der Waals surface area contributed by atoms with Crippen LogP contribution < -0.4 is 4.74 Å². The summed E-state index contributed by atoms with van der Waals surface area (Å²) >= 11 is 1.39. The van der Waals surface area contributed by atoms with E-state index in [1.165, 1.54) is 17.8 Å². The van der Waals surface area contributed by atoms with Crippen molar-refractivity contribution in [3.63, 3.8) is 0 Å². The summed E-state index contributed by atoms with van der Waals surface area (Å²) < 4.78 is 10.3. The topological polar surface area (TPSA) is 68.7 Å². The molecule has 28 heavy (non-hydrogen) atoms. The molecule has 7 heteroatoms. The summed E-state index contributed by atoms with van der Waals surface area (Å²) in [5.41, 5.74) is 0.909. The van der Waals surface area contributed by atoms with E-state index in [0.717, 1.165) is 30.7 Å². The van der Waals surface area contributed by atoms with Crippen LogP contribution in [0.15, 0.2) is 29.6 Å². The second-order valence-electron chi connectivity index (χ2n) is 6.80. The quantitative estimate of drug-likeness (QED) is 0.646. The first-order chi connectivity index (χ1) is 13.6. The van der Waals surface area contributed by atoms with Crippen molar-refractivity contribution in [3.8, 4) is 5.75 Å². The van der Waals surface area contributed by atoms with Gasteiger partial charge in [-0.3, -0.25) is 4.79 Å². The molecule has 0 N–H and O–H groups in total. The molecule has 3 rings (SSSR count). The average Bonchev–Trinajstić information content (AvgIpc) is 3.21. The van der Waals surface area contributed by atoms with Crippen molar-refractivity contribution >= 4 is 23.2 Å². The Morgan fingerprint density at radius 2 is 2.04 bits per heavy atom. The second kappa shape index (κ2) is 9.68. The lowest BCUT2D eigenvalue weighted by Gasteiger charge is -2.34. The molecule has 1 aromatic carbocycles. The maximum absolute atomic E-state index is 13.3. The molecule has 0 bridgehead atoms. The smallest absolute Gasteiger partial charge is 0.357 e. The molecule has 1 aliphatic rings. The zero-order chi connectivity index (χ0) is 19.9. The number of benzene rings is 1. The van der Waals surface area contributed by atoms with Crippen molar-refractivity contribution in [2.45, 2.75) is 51.6 Å². The molecule has 1 aromatic heterocycles. The lowest BCUT2D eigenvalue weighted by atomic mass is 9.93. The van der Waals surface area contributed by atoms with Gasteiger partial charge in [0.25, 0.3) is 5.91 Å². The maximum Gasteiger partial charge on any atom is 0.357 e. The van der Waals surface area contributed by atoms with Crippen LogP contribution in [0, 0.1) is 0 Å². The Morgan fingerprint density at radius 1 is 1.25 bits per heavy atom. The number of amides is 1. The fourth-order valence-electron chi connectivity index (χ4n) is 3.51. The number of carbonyl (C=O) groups excluding carboxylic acids is 2.